The Hall–Kier alpha value is -1.13. The molecule has 4 heteroatoms. The molecule has 0 saturated carbocycles. The number of carbonyl (C=O) groups is 1. The molecule has 1 aromatic carbocycles. The van der Waals surface area contributed by atoms with E-state index in [4.69, 9.17) is 0 Å². The van der Waals surface area contributed by atoms with Gasteiger partial charge in [0.2, 0.25) is 5.91 Å². The number of halogens is 1. The molecule has 1 aromatic heterocycles. The van der Waals surface area contributed by atoms with Gasteiger partial charge >= 0.3 is 0 Å². The summed E-state index contributed by atoms with van der Waals surface area (Å²) in [4.78, 5) is 15.2. The second-order valence-corrected chi connectivity index (χ2v) is 7.32. The van der Waals surface area contributed by atoms with Gasteiger partial charge in [-0.2, -0.15) is 0 Å². The highest BCUT2D eigenvalue weighted by atomic mass is 79.9. The maximum Gasteiger partial charge on any atom is 0.222 e. The van der Waals surface area contributed by atoms with Crippen molar-refractivity contribution in [1.29, 1.82) is 0 Å². The standard InChI is InChI=1S/C17H20BrNOS/c1-12-4-5-14(13(2)8-12)6-7-17(20)19(3)10-16-9-15(18)11-21-16/h4-5,8-9,11H,6-7,10H2,1-3H3. The van der Waals surface area contributed by atoms with E-state index in [1.807, 2.05) is 17.3 Å². The first-order valence-corrected chi connectivity index (χ1v) is 8.66. The number of hydrogen-bond acceptors (Lipinski definition) is 2. The Balaban J connectivity index is 1.89. The van der Waals surface area contributed by atoms with Gasteiger partial charge in [-0.15, -0.1) is 11.3 Å². The fourth-order valence-corrected chi connectivity index (χ4v) is 3.82. The molecular formula is C17H20BrNOS. The van der Waals surface area contributed by atoms with E-state index in [0.29, 0.717) is 13.0 Å². The van der Waals surface area contributed by atoms with E-state index in [1.54, 1.807) is 11.3 Å². The molecule has 21 heavy (non-hydrogen) atoms. The van der Waals surface area contributed by atoms with Gasteiger partial charge in [-0.25, -0.2) is 0 Å². The molecule has 112 valence electrons. The summed E-state index contributed by atoms with van der Waals surface area (Å²) < 4.78 is 1.08. The van der Waals surface area contributed by atoms with E-state index in [0.717, 1.165) is 10.9 Å². The van der Waals surface area contributed by atoms with Crippen molar-refractivity contribution in [3.63, 3.8) is 0 Å². The topological polar surface area (TPSA) is 20.3 Å². The molecule has 0 atom stereocenters. The quantitative estimate of drug-likeness (QED) is 0.750. The zero-order chi connectivity index (χ0) is 15.4. The van der Waals surface area contributed by atoms with Crippen LogP contribution in [0.3, 0.4) is 0 Å². The van der Waals surface area contributed by atoms with Crippen molar-refractivity contribution in [3.05, 3.63) is 55.7 Å². The van der Waals surface area contributed by atoms with Gasteiger partial charge in [0.05, 0.1) is 6.54 Å². The molecule has 0 saturated heterocycles. The first-order chi connectivity index (χ1) is 9.95. The SMILES string of the molecule is Cc1ccc(CCC(=O)N(C)Cc2cc(Br)cs2)c(C)c1. The summed E-state index contributed by atoms with van der Waals surface area (Å²) in [5.41, 5.74) is 3.80. The Morgan fingerprint density at radius 1 is 1.29 bits per heavy atom. The average Bonchev–Trinajstić information content (AvgIpc) is 2.82. The van der Waals surface area contributed by atoms with Crippen molar-refractivity contribution in [2.45, 2.75) is 33.2 Å². The Kier molecular flexibility index (Phi) is 5.59. The molecule has 0 radical (unpaired) electrons. The van der Waals surface area contributed by atoms with Crippen LogP contribution in [0.2, 0.25) is 0 Å². The second kappa shape index (κ2) is 7.23. The minimum atomic E-state index is 0.194. The third kappa shape index (κ3) is 4.68. The van der Waals surface area contributed by atoms with Gasteiger partial charge in [0.15, 0.2) is 0 Å². The highest BCUT2D eigenvalue weighted by molar-refractivity contribution is 9.10. The zero-order valence-electron chi connectivity index (χ0n) is 12.6. The maximum absolute atomic E-state index is 12.2. The number of nitrogens with zero attached hydrogens (tertiary/aromatic N) is 1. The molecule has 0 unspecified atom stereocenters. The van der Waals surface area contributed by atoms with Gasteiger partial charge in [-0.1, -0.05) is 23.8 Å². The van der Waals surface area contributed by atoms with E-state index in [9.17, 15) is 4.79 Å². The Bertz CT molecular complexity index is 635. The van der Waals surface area contributed by atoms with E-state index in [-0.39, 0.29) is 5.91 Å². The Morgan fingerprint density at radius 3 is 2.67 bits per heavy atom. The lowest BCUT2D eigenvalue weighted by Gasteiger charge is -2.16. The van der Waals surface area contributed by atoms with Gasteiger partial charge in [-0.3, -0.25) is 4.79 Å². The van der Waals surface area contributed by atoms with Gasteiger partial charge in [0, 0.05) is 28.2 Å². The smallest absolute Gasteiger partial charge is 0.222 e. The lowest BCUT2D eigenvalue weighted by molar-refractivity contribution is -0.130. The number of carbonyl (C=O) groups excluding carboxylic acids is 1. The summed E-state index contributed by atoms with van der Waals surface area (Å²) in [6.45, 7) is 4.89. The normalized spacial score (nSPS) is 10.7. The second-order valence-electron chi connectivity index (χ2n) is 5.41. The molecule has 0 spiro atoms. The molecule has 0 aliphatic carbocycles. The molecule has 0 aliphatic rings. The molecule has 2 rings (SSSR count). The van der Waals surface area contributed by atoms with Crippen LogP contribution in [0.15, 0.2) is 34.1 Å². The summed E-state index contributed by atoms with van der Waals surface area (Å²) in [5.74, 6) is 0.194. The first-order valence-electron chi connectivity index (χ1n) is 6.98. The van der Waals surface area contributed by atoms with Crippen LogP contribution in [-0.4, -0.2) is 17.9 Å². The average molecular weight is 366 g/mol. The highest BCUT2D eigenvalue weighted by Crippen LogP contribution is 2.21. The predicted molar refractivity (Wildman–Crippen MR) is 92.7 cm³/mol. The number of thiophene rings is 1. The predicted octanol–water partition coefficient (Wildman–Crippen LogP) is 4.72. The fourth-order valence-electron chi connectivity index (χ4n) is 2.32. The van der Waals surface area contributed by atoms with Crippen molar-refractivity contribution in [2.75, 3.05) is 7.05 Å². The van der Waals surface area contributed by atoms with Crippen LogP contribution >= 0.6 is 27.3 Å². The molecule has 0 fully saturated rings. The van der Waals surface area contributed by atoms with Gasteiger partial charge in [0.1, 0.15) is 0 Å². The van der Waals surface area contributed by atoms with Crippen molar-refractivity contribution in [2.24, 2.45) is 0 Å². The van der Waals surface area contributed by atoms with Crippen molar-refractivity contribution < 1.29 is 4.79 Å². The lowest BCUT2D eigenvalue weighted by atomic mass is 10.0. The molecular weight excluding hydrogens is 346 g/mol. The van der Waals surface area contributed by atoms with Gasteiger partial charge in [0.25, 0.3) is 0 Å². The maximum atomic E-state index is 12.2. The summed E-state index contributed by atoms with van der Waals surface area (Å²) in [7, 11) is 1.87. The van der Waals surface area contributed by atoms with E-state index in [1.165, 1.54) is 21.6 Å². The fraction of sp³-hybridized carbons (Fsp3) is 0.353. The van der Waals surface area contributed by atoms with Crippen molar-refractivity contribution >= 4 is 33.2 Å². The van der Waals surface area contributed by atoms with Crippen LogP contribution in [-0.2, 0) is 17.8 Å². The Morgan fingerprint density at radius 2 is 2.05 bits per heavy atom. The van der Waals surface area contributed by atoms with Crippen molar-refractivity contribution in [1.82, 2.24) is 4.90 Å². The molecule has 2 aromatic rings. The molecule has 1 heterocycles. The minimum absolute atomic E-state index is 0.194. The largest absolute Gasteiger partial charge is 0.341 e. The molecule has 2 nitrogen and oxygen atoms in total. The van der Waals surface area contributed by atoms with Crippen LogP contribution in [0, 0.1) is 13.8 Å². The van der Waals surface area contributed by atoms with Crippen LogP contribution < -0.4 is 0 Å². The van der Waals surface area contributed by atoms with Crippen LogP contribution in [0.25, 0.3) is 0 Å². The van der Waals surface area contributed by atoms with E-state index < -0.39 is 0 Å². The number of hydrogen-bond donors (Lipinski definition) is 0. The van der Waals surface area contributed by atoms with E-state index in [2.05, 4.69) is 54.0 Å². The highest BCUT2D eigenvalue weighted by Gasteiger charge is 2.11. The molecule has 0 N–H and O–H groups in total. The monoisotopic (exact) mass is 365 g/mol. The zero-order valence-corrected chi connectivity index (χ0v) is 15.1. The molecule has 0 bridgehead atoms. The lowest BCUT2D eigenvalue weighted by Crippen LogP contribution is -2.26. The number of benzene rings is 1. The van der Waals surface area contributed by atoms with Gasteiger partial charge in [-0.05, 0) is 53.4 Å². The molecule has 0 aliphatic heterocycles. The van der Waals surface area contributed by atoms with Crippen LogP contribution in [0.4, 0.5) is 0 Å². The number of aryl methyl sites for hydroxylation is 3. The summed E-state index contributed by atoms with van der Waals surface area (Å²) in [5, 5.41) is 2.04. The van der Waals surface area contributed by atoms with Crippen molar-refractivity contribution in [3.8, 4) is 0 Å². The number of amides is 1. The third-order valence-electron chi connectivity index (χ3n) is 3.55. The van der Waals surface area contributed by atoms with Crippen LogP contribution in [0.1, 0.15) is 28.0 Å². The summed E-state index contributed by atoms with van der Waals surface area (Å²) >= 11 is 5.11. The first kappa shape index (κ1) is 16.2. The third-order valence-corrected chi connectivity index (χ3v) is 5.23. The Labute approximate surface area is 138 Å². The number of rotatable bonds is 5. The molecule has 1 amide bonds. The van der Waals surface area contributed by atoms with E-state index >= 15 is 0 Å². The minimum Gasteiger partial charge on any atom is -0.341 e. The summed E-state index contributed by atoms with van der Waals surface area (Å²) in [6.07, 6.45) is 1.37. The van der Waals surface area contributed by atoms with Crippen LogP contribution in [0.5, 0.6) is 0 Å². The van der Waals surface area contributed by atoms with Gasteiger partial charge < -0.3 is 4.90 Å². The summed E-state index contributed by atoms with van der Waals surface area (Å²) in [6, 6.07) is 8.49.